The average molecular weight is 460 g/mol. The molecular formula is C24H37NO2Y. The third-order valence-corrected chi connectivity index (χ3v) is 4.70. The smallest absolute Gasteiger partial charge is 0.189 e. The van der Waals surface area contributed by atoms with E-state index in [0.29, 0.717) is 11.7 Å². The molecule has 0 N–H and O–H groups in total. The number of benzene rings is 1. The number of Topliss-reactive ketones (excluding diaryl/α,β-unsaturated/α-hetero) is 1. The van der Waals surface area contributed by atoms with Crippen molar-refractivity contribution in [2.24, 2.45) is 11.8 Å². The van der Waals surface area contributed by atoms with Crippen molar-refractivity contribution in [2.45, 2.75) is 66.8 Å². The van der Waals surface area contributed by atoms with Gasteiger partial charge in [-0.25, -0.2) is 0 Å². The van der Waals surface area contributed by atoms with E-state index < -0.39 is 0 Å². The Labute approximate surface area is 196 Å². The number of pyridine rings is 1. The van der Waals surface area contributed by atoms with Crippen LogP contribution in [-0.2, 0) is 44.0 Å². The largest absolute Gasteiger partial charge is 0.347 e. The number of hydrogen-bond donors (Lipinski definition) is 0. The van der Waals surface area contributed by atoms with Crippen molar-refractivity contribution in [1.29, 1.82) is 0 Å². The number of carbonyl (C=O) groups is 1. The van der Waals surface area contributed by atoms with Crippen molar-refractivity contribution in [3.05, 3.63) is 59.9 Å². The number of rotatable bonds is 3. The summed E-state index contributed by atoms with van der Waals surface area (Å²) >= 11 is 0. The van der Waals surface area contributed by atoms with Gasteiger partial charge in [-0.3, -0.25) is 9.59 Å². The molecule has 1 aromatic carbocycles. The first-order valence-corrected chi connectivity index (χ1v) is 10.2. The van der Waals surface area contributed by atoms with Crippen LogP contribution in [0.15, 0.2) is 54.5 Å². The van der Waals surface area contributed by atoms with Crippen LogP contribution in [0.4, 0.5) is 0 Å². The molecule has 2 unspecified atom stereocenters. The summed E-state index contributed by atoms with van der Waals surface area (Å²) in [6.45, 7) is 16.6. The van der Waals surface area contributed by atoms with E-state index in [-0.39, 0.29) is 44.1 Å². The molecule has 0 bridgehead atoms. The number of ketones is 1. The van der Waals surface area contributed by atoms with Crippen LogP contribution in [-0.4, -0.2) is 10.4 Å². The van der Waals surface area contributed by atoms with Gasteiger partial charge in [0.05, 0.1) is 5.52 Å². The average Bonchev–Trinajstić information content (AvgIpc) is 2.75. The molecule has 1 aliphatic carbocycles. The fourth-order valence-electron chi connectivity index (χ4n) is 3.52. The van der Waals surface area contributed by atoms with Gasteiger partial charge in [0, 0.05) is 62.8 Å². The number of nitrogens with zero attached hydrogens (tertiary/aromatic N) is 1. The predicted molar refractivity (Wildman–Crippen MR) is 118 cm³/mol. The first kappa shape index (κ1) is 29.1. The Morgan fingerprint density at radius 1 is 1.07 bits per heavy atom. The molecule has 1 aliphatic rings. The first-order valence-electron chi connectivity index (χ1n) is 10.2. The van der Waals surface area contributed by atoms with Crippen molar-refractivity contribution >= 4 is 16.7 Å². The van der Waals surface area contributed by atoms with E-state index in [2.05, 4.69) is 17.7 Å². The summed E-state index contributed by atoms with van der Waals surface area (Å²) in [6, 6.07) is 9.40. The number of aromatic nitrogens is 1. The zero-order valence-corrected chi connectivity index (χ0v) is 21.2. The molecule has 153 valence electrons. The van der Waals surface area contributed by atoms with E-state index in [9.17, 15) is 9.59 Å². The second-order valence-electron chi connectivity index (χ2n) is 6.19. The summed E-state index contributed by atoms with van der Waals surface area (Å²) in [4.78, 5) is 23.5. The molecule has 1 fully saturated rings. The maximum Gasteiger partial charge on any atom is 0.189 e. The third-order valence-electron chi connectivity index (χ3n) is 4.70. The quantitative estimate of drug-likeness (QED) is 0.508. The van der Waals surface area contributed by atoms with Crippen molar-refractivity contribution in [2.75, 3.05) is 0 Å². The van der Waals surface area contributed by atoms with Crippen LogP contribution in [0.2, 0.25) is 0 Å². The number of hydrogen-bond acceptors (Lipinski definition) is 2. The van der Waals surface area contributed by atoms with Crippen LogP contribution < -0.4 is 5.43 Å². The molecular weight excluding hydrogens is 423 g/mol. The Morgan fingerprint density at radius 2 is 1.68 bits per heavy atom. The number of carbonyl (C=O) groups excluding carboxylic acids is 1. The minimum absolute atomic E-state index is 0. The van der Waals surface area contributed by atoms with Gasteiger partial charge in [0.1, 0.15) is 5.78 Å². The molecule has 28 heavy (non-hydrogen) atoms. The monoisotopic (exact) mass is 460 g/mol. The van der Waals surface area contributed by atoms with E-state index in [1.807, 2.05) is 58.2 Å². The molecule has 1 radical (unpaired) electrons. The summed E-state index contributed by atoms with van der Waals surface area (Å²) in [5, 5.41) is 0.777. The van der Waals surface area contributed by atoms with Crippen molar-refractivity contribution in [3.63, 3.8) is 0 Å². The molecule has 1 saturated carbocycles. The van der Waals surface area contributed by atoms with Crippen LogP contribution in [0, 0.1) is 11.8 Å². The maximum absolute atomic E-state index is 11.9. The zero-order valence-electron chi connectivity index (χ0n) is 18.4. The first-order chi connectivity index (χ1) is 13.1. The van der Waals surface area contributed by atoms with Gasteiger partial charge in [-0.05, 0) is 44.2 Å². The Kier molecular flexibility index (Phi) is 17.5. The third kappa shape index (κ3) is 8.53. The summed E-state index contributed by atoms with van der Waals surface area (Å²) in [5.41, 5.74) is 1.07. The summed E-state index contributed by atoms with van der Waals surface area (Å²) in [7, 11) is 0. The fourth-order valence-corrected chi connectivity index (χ4v) is 3.52. The fraction of sp³-hybridized carbons (Fsp3) is 0.500. The standard InChI is InChI=1S/C18H21NO2.2C2H6.C2H4.Y/c1-13(20)15-6-4-5-14(11-15)12-19-10-9-18(21)16-7-2-3-8-17(16)19;3*1-2;/h2-3,7-10,14-15H,4-6,11-12H2,1H3;2*1-2H3;1-2H2;. The Balaban J connectivity index is 0. The van der Waals surface area contributed by atoms with Crippen molar-refractivity contribution in [3.8, 4) is 0 Å². The maximum atomic E-state index is 11.9. The molecule has 1 aromatic heterocycles. The minimum atomic E-state index is 0. The number of para-hydroxylation sites is 1. The van der Waals surface area contributed by atoms with E-state index in [1.54, 1.807) is 13.0 Å². The number of fused-ring (bicyclic) bond motifs is 1. The van der Waals surface area contributed by atoms with Crippen LogP contribution in [0.5, 0.6) is 0 Å². The van der Waals surface area contributed by atoms with E-state index in [4.69, 9.17) is 0 Å². The van der Waals surface area contributed by atoms with Gasteiger partial charge in [-0.2, -0.15) is 0 Å². The second-order valence-corrected chi connectivity index (χ2v) is 6.19. The van der Waals surface area contributed by atoms with Gasteiger partial charge in [0.2, 0.25) is 0 Å². The van der Waals surface area contributed by atoms with Crippen LogP contribution in [0.25, 0.3) is 10.9 Å². The van der Waals surface area contributed by atoms with Crippen molar-refractivity contribution in [1.82, 2.24) is 4.57 Å². The molecule has 2 atom stereocenters. The van der Waals surface area contributed by atoms with Gasteiger partial charge < -0.3 is 4.57 Å². The van der Waals surface area contributed by atoms with Gasteiger partial charge >= 0.3 is 0 Å². The molecule has 3 rings (SSSR count). The van der Waals surface area contributed by atoms with E-state index in [0.717, 1.165) is 36.7 Å². The van der Waals surface area contributed by atoms with E-state index >= 15 is 0 Å². The van der Waals surface area contributed by atoms with Gasteiger partial charge in [-0.1, -0.05) is 46.2 Å². The van der Waals surface area contributed by atoms with Crippen molar-refractivity contribution < 1.29 is 37.5 Å². The summed E-state index contributed by atoms with van der Waals surface area (Å²) < 4.78 is 2.17. The molecule has 0 spiro atoms. The Hall–Kier alpha value is -1.06. The van der Waals surface area contributed by atoms with Gasteiger partial charge in [0.15, 0.2) is 5.43 Å². The van der Waals surface area contributed by atoms with Gasteiger partial charge in [-0.15, -0.1) is 13.2 Å². The normalized spacial score (nSPS) is 17.3. The van der Waals surface area contributed by atoms with Crippen LogP contribution in [0.1, 0.15) is 60.3 Å². The topological polar surface area (TPSA) is 39.1 Å². The molecule has 0 aliphatic heterocycles. The van der Waals surface area contributed by atoms with Crippen LogP contribution in [0.3, 0.4) is 0 Å². The predicted octanol–water partition coefficient (Wildman–Crippen LogP) is 6.25. The minimum Gasteiger partial charge on any atom is -0.347 e. The Bertz CT molecular complexity index is 739. The molecule has 0 amide bonds. The Morgan fingerprint density at radius 3 is 2.29 bits per heavy atom. The van der Waals surface area contributed by atoms with E-state index in [1.165, 1.54) is 6.42 Å². The van der Waals surface area contributed by atoms with Gasteiger partial charge in [0.25, 0.3) is 0 Å². The zero-order chi connectivity index (χ0) is 20.8. The molecule has 1 heterocycles. The molecule has 2 aromatic rings. The second kappa shape index (κ2) is 16.9. The molecule has 3 nitrogen and oxygen atoms in total. The van der Waals surface area contributed by atoms with Crippen LogP contribution >= 0.6 is 0 Å². The molecule has 0 saturated heterocycles. The summed E-state index contributed by atoms with van der Waals surface area (Å²) in [5.74, 6) is 1.08. The summed E-state index contributed by atoms with van der Waals surface area (Å²) in [6.07, 6.45) is 6.21. The SMILES string of the molecule is C=C.CC.CC.CC(=O)C1CCCC(Cn2ccc(=O)c3ccccc32)C1.[Y]. The molecule has 4 heteroatoms.